The summed E-state index contributed by atoms with van der Waals surface area (Å²) in [7, 11) is 0. The molecule has 1 aromatic heterocycles. The van der Waals surface area contributed by atoms with E-state index in [-0.39, 0.29) is 0 Å². The number of halogens is 1. The summed E-state index contributed by atoms with van der Waals surface area (Å²) >= 11 is 6.00. The molecule has 1 N–H and O–H groups in total. The first-order chi connectivity index (χ1) is 8.50. The maximum Gasteiger partial charge on any atom is 0.137 e. The van der Waals surface area contributed by atoms with Crippen molar-refractivity contribution < 1.29 is 4.74 Å². The Labute approximate surface area is 114 Å². The third-order valence-corrected chi connectivity index (χ3v) is 2.78. The summed E-state index contributed by atoms with van der Waals surface area (Å²) in [5, 5.41) is 3.78. The van der Waals surface area contributed by atoms with Crippen molar-refractivity contribution in [2.24, 2.45) is 5.92 Å². The van der Waals surface area contributed by atoms with Crippen LogP contribution in [0.3, 0.4) is 0 Å². The lowest BCUT2D eigenvalue weighted by Crippen LogP contribution is -2.11. The minimum Gasteiger partial charge on any atom is -0.381 e. The molecule has 0 aliphatic heterocycles. The van der Waals surface area contributed by atoms with E-state index in [2.05, 4.69) is 29.1 Å². The second-order valence-electron chi connectivity index (χ2n) is 4.78. The Morgan fingerprint density at radius 1 is 1.28 bits per heavy atom. The molecular formula is C13H22ClN3O. The average Bonchev–Trinajstić information content (AvgIpc) is 2.29. The summed E-state index contributed by atoms with van der Waals surface area (Å²) < 4.78 is 5.51. The van der Waals surface area contributed by atoms with Gasteiger partial charge in [-0.1, -0.05) is 25.4 Å². The lowest BCUT2D eigenvalue weighted by atomic mass is 10.2. The van der Waals surface area contributed by atoms with Crippen LogP contribution < -0.4 is 5.32 Å². The van der Waals surface area contributed by atoms with Crippen LogP contribution in [0.15, 0.2) is 0 Å². The molecule has 5 heteroatoms. The van der Waals surface area contributed by atoms with Crippen molar-refractivity contribution in [3.8, 4) is 0 Å². The van der Waals surface area contributed by atoms with Gasteiger partial charge in [-0.3, -0.25) is 0 Å². The normalized spacial score (nSPS) is 11.0. The zero-order valence-corrected chi connectivity index (χ0v) is 12.3. The number of hydrogen-bond donors (Lipinski definition) is 1. The molecule has 4 nitrogen and oxygen atoms in total. The number of nitrogens with zero attached hydrogens (tertiary/aromatic N) is 2. The van der Waals surface area contributed by atoms with Crippen LogP contribution in [0.5, 0.6) is 0 Å². The van der Waals surface area contributed by atoms with Gasteiger partial charge in [-0.25, -0.2) is 9.97 Å². The topological polar surface area (TPSA) is 47.0 Å². The van der Waals surface area contributed by atoms with Crippen LogP contribution >= 0.6 is 11.6 Å². The molecule has 0 spiro atoms. The highest BCUT2D eigenvalue weighted by Crippen LogP contribution is 2.19. The standard InChI is InChI=1S/C13H22ClN3O/c1-9(2)8-18-7-5-6-15-13-10(3)12(14)16-11(4)17-13/h9H,5-8H2,1-4H3,(H,15,16,17). The number of hydrogen-bond acceptors (Lipinski definition) is 4. The van der Waals surface area contributed by atoms with E-state index in [4.69, 9.17) is 16.3 Å². The minimum atomic E-state index is 0.515. The molecule has 0 fully saturated rings. The van der Waals surface area contributed by atoms with Gasteiger partial charge in [0.25, 0.3) is 0 Å². The van der Waals surface area contributed by atoms with E-state index in [1.807, 2.05) is 13.8 Å². The summed E-state index contributed by atoms with van der Waals surface area (Å²) in [6.45, 7) is 10.5. The second kappa shape index (κ2) is 7.54. The number of nitrogens with one attached hydrogen (secondary N) is 1. The molecule has 0 atom stereocenters. The summed E-state index contributed by atoms with van der Waals surface area (Å²) in [5.41, 5.74) is 0.894. The molecule has 1 aromatic rings. The lowest BCUT2D eigenvalue weighted by molar-refractivity contribution is 0.110. The van der Waals surface area contributed by atoms with Gasteiger partial charge in [-0.05, 0) is 26.2 Å². The third kappa shape index (κ3) is 5.19. The first-order valence-corrected chi connectivity index (χ1v) is 6.71. The summed E-state index contributed by atoms with van der Waals surface area (Å²) in [6.07, 6.45) is 0.951. The predicted molar refractivity (Wildman–Crippen MR) is 75.3 cm³/mol. The molecule has 0 aliphatic carbocycles. The SMILES string of the molecule is Cc1nc(Cl)c(C)c(NCCCOCC(C)C)n1. The Hall–Kier alpha value is -0.870. The maximum atomic E-state index is 6.00. The molecule has 0 saturated heterocycles. The molecule has 0 bridgehead atoms. The Kier molecular flexibility index (Phi) is 6.36. The van der Waals surface area contributed by atoms with Crippen LogP contribution in [0.4, 0.5) is 5.82 Å². The minimum absolute atomic E-state index is 0.515. The molecule has 102 valence electrons. The fourth-order valence-electron chi connectivity index (χ4n) is 1.47. The van der Waals surface area contributed by atoms with Crippen LogP contribution in [-0.4, -0.2) is 29.7 Å². The van der Waals surface area contributed by atoms with E-state index < -0.39 is 0 Å². The number of aromatic nitrogens is 2. The zero-order chi connectivity index (χ0) is 13.5. The number of aryl methyl sites for hydroxylation is 1. The largest absolute Gasteiger partial charge is 0.381 e. The summed E-state index contributed by atoms with van der Waals surface area (Å²) in [6, 6.07) is 0. The van der Waals surface area contributed by atoms with E-state index in [0.29, 0.717) is 16.9 Å². The number of ether oxygens (including phenoxy) is 1. The van der Waals surface area contributed by atoms with E-state index in [1.165, 1.54) is 0 Å². The summed E-state index contributed by atoms with van der Waals surface area (Å²) in [4.78, 5) is 8.43. The highest BCUT2D eigenvalue weighted by atomic mass is 35.5. The molecule has 0 unspecified atom stereocenters. The molecule has 1 rings (SSSR count). The van der Waals surface area contributed by atoms with Crippen molar-refractivity contribution in [1.29, 1.82) is 0 Å². The highest BCUT2D eigenvalue weighted by Gasteiger charge is 2.06. The lowest BCUT2D eigenvalue weighted by Gasteiger charge is -2.11. The first kappa shape index (κ1) is 15.2. The van der Waals surface area contributed by atoms with Gasteiger partial charge in [0, 0.05) is 25.3 Å². The van der Waals surface area contributed by atoms with Gasteiger partial charge in [0.1, 0.15) is 16.8 Å². The van der Waals surface area contributed by atoms with Crippen molar-refractivity contribution in [1.82, 2.24) is 9.97 Å². The van der Waals surface area contributed by atoms with Crippen molar-refractivity contribution in [2.45, 2.75) is 34.1 Å². The molecule has 0 amide bonds. The first-order valence-electron chi connectivity index (χ1n) is 6.33. The van der Waals surface area contributed by atoms with Gasteiger partial charge < -0.3 is 10.1 Å². The molecule has 0 saturated carbocycles. The van der Waals surface area contributed by atoms with Crippen LogP contribution in [0.2, 0.25) is 5.15 Å². The van der Waals surface area contributed by atoms with Gasteiger partial charge in [0.05, 0.1) is 0 Å². The van der Waals surface area contributed by atoms with Gasteiger partial charge in [-0.15, -0.1) is 0 Å². The van der Waals surface area contributed by atoms with Gasteiger partial charge in [0.2, 0.25) is 0 Å². The summed E-state index contributed by atoms with van der Waals surface area (Å²) in [5.74, 6) is 2.09. The fourth-order valence-corrected chi connectivity index (χ4v) is 1.68. The Bertz CT molecular complexity index is 383. The van der Waals surface area contributed by atoms with Gasteiger partial charge in [0.15, 0.2) is 0 Å². The second-order valence-corrected chi connectivity index (χ2v) is 5.14. The van der Waals surface area contributed by atoms with Crippen LogP contribution in [0.1, 0.15) is 31.7 Å². The number of anilines is 1. The zero-order valence-electron chi connectivity index (χ0n) is 11.6. The molecule has 18 heavy (non-hydrogen) atoms. The van der Waals surface area contributed by atoms with Gasteiger partial charge in [-0.2, -0.15) is 0 Å². The van der Waals surface area contributed by atoms with E-state index in [9.17, 15) is 0 Å². The van der Waals surface area contributed by atoms with Crippen molar-refractivity contribution >= 4 is 17.4 Å². The third-order valence-electron chi connectivity index (χ3n) is 2.41. The fraction of sp³-hybridized carbons (Fsp3) is 0.692. The van der Waals surface area contributed by atoms with Crippen molar-refractivity contribution in [3.63, 3.8) is 0 Å². The van der Waals surface area contributed by atoms with E-state index in [1.54, 1.807) is 0 Å². The van der Waals surface area contributed by atoms with Crippen LogP contribution in [0, 0.1) is 19.8 Å². The van der Waals surface area contributed by atoms with E-state index in [0.717, 1.165) is 37.6 Å². The molecule has 0 aromatic carbocycles. The van der Waals surface area contributed by atoms with Crippen LogP contribution in [-0.2, 0) is 4.74 Å². The monoisotopic (exact) mass is 271 g/mol. The van der Waals surface area contributed by atoms with Crippen LogP contribution in [0.25, 0.3) is 0 Å². The molecule has 1 heterocycles. The Morgan fingerprint density at radius 2 is 2.00 bits per heavy atom. The van der Waals surface area contributed by atoms with Gasteiger partial charge >= 0.3 is 0 Å². The quantitative estimate of drug-likeness (QED) is 0.611. The van der Waals surface area contributed by atoms with Crippen molar-refractivity contribution in [2.75, 3.05) is 25.1 Å². The highest BCUT2D eigenvalue weighted by molar-refractivity contribution is 6.30. The molecule has 0 radical (unpaired) electrons. The Balaban J connectivity index is 2.31. The maximum absolute atomic E-state index is 6.00. The number of rotatable bonds is 7. The molecule has 0 aliphatic rings. The average molecular weight is 272 g/mol. The smallest absolute Gasteiger partial charge is 0.137 e. The molecular weight excluding hydrogens is 250 g/mol. The van der Waals surface area contributed by atoms with E-state index >= 15 is 0 Å². The van der Waals surface area contributed by atoms with Crippen molar-refractivity contribution in [3.05, 3.63) is 16.5 Å². The predicted octanol–water partition coefficient (Wildman–Crippen LogP) is 3.22. The Morgan fingerprint density at radius 3 is 2.67 bits per heavy atom.